The molecule has 1 atom stereocenters. The first-order valence-electron chi connectivity index (χ1n) is 8.07. The highest BCUT2D eigenvalue weighted by atomic mass is 32.2. The molecule has 12 heteroatoms. The fraction of sp³-hybridized carbons (Fsp3) is 0.312. The zero-order chi connectivity index (χ0) is 20.7. The first-order valence-corrected chi connectivity index (χ1v) is 9.89. The lowest BCUT2D eigenvalue weighted by molar-refractivity contribution is -0.137. The Hall–Kier alpha value is -2.89. The van der Waals surface area contributed by atoms with Crippen LogP contribution in [0, 0.1) is 5.41 Å². The van der Waals surface area contributed by atoms with Gasteiger partial charge in [0.25, 0.3) is 5.91 Å². The quantitative estimate of drug-likeness (QED) is 0.704. The maximum absolute atomic E-state index is 12.7. The van der Waals surface area contributed by atoms with E-state index in [1.807, 2.05) is 0 Å². The highest BCUT2D eigenvalue weighted by molar-refractivity contribution is 7.92. The minimum absolute atomic E-state index is 0.00786. The second-order valence-corrected chi connectivity index (χ2v) is 8.54. The van der Waals surface area contributed by atoms with Crippen LogP contribution >= 0.6 is 0 Å². The fourth-order valence-electron chi connectivity index (χ4n) is 2.87. The van der Waals surface area contributed by atoms with Crippen molar-refractivity contribution in [2.45, 2.75) is 18.6 Å². The van der Waals surface area contributed by atoms with E-state index in [1.165, 1.54) is 23.0 Å². The summed E-state index contributed by atoms with van der Waals surface area (Å²) in [4.78, 5) is 11.7. The van der Waals surface area contributed by atoms with Gasteiger partial charge in [0.05, 0.1) is 23.1 Å². The minimum atomic E-state index is -4.47. The lowest BCUT2D eigenvalue weighted by Crippen LogP contribution is -2.34. The Kier molecular flexibility index (Phi) is 4.91. The lowest BCUT2D eigenvalue weighted by Gasteiger charge is -2.23. The maximum atomic E-state index is 12.7. The van der Waals surface area contributed by atoms with E-state index in [9.17, 15) is 26.4 Å². The van der Waals surface area contributed by atoms with Gasteiger partial charge in [0.1, 0.15) is 5.56 Å². The molecule has 1 aliphatic rings. The second kappa shape index (κ2) is 6.93. The van der Waals surface area contributed by atoms with Crippen LogP contribution in [-0.2, 0) is 16.0 Å². The van der Waals surface area contributed by atoms with E-state index in [0.717, 1.165) is 12.1 Å². The van der Waals surface area contributed by atoms with Crippen LogP contribution in [0.1, 0.15) is 28.4 Å². The fourth-order valence-corrected chi connectivity index (χ4v) is 4.26. The zero-order valence-electron chi connectivity index (χ0n) is 14.3. The molecule has 0 radical (unpaired) electrons. The van der Waals surface area contributed by atoms with Crippen LogP contribution < -0.4 is 11.1 Å². The molecule has 1 aromatic carbocycles. The van der Waals surface area contributed by atoms with Crippen LogP contribution in [0.4, 0.5) is 24.7 Å². The summed E-state index contributed by atoms with van der Waals surface area (Å²) < 4.78 is 62.5. The third kappa shape index (κ3) is 4.16. The van der Waals surface area contributed by atoms with E-state index in [0.29, 0.717) is 0 Å². The van der Waals surface area contributed by atoms with E-state index in [4.69, 9.17) is 11.1 Å². The van der Waals surface area contributed by atoms with Crippen LogP contribution in [0.2, 0.25) is 0 Å². The highest BCUT2D eigenvalue weighted by Gasteiger charge is 2.32. The number of halogens is 3. The summed E-state index contributed by atoms with van der Waals surface area (Å²) in [6, 6.07) is 3.48. The number of hydrogen-bond donors (Lipinski definition) is 3. The molecule has 1 saturated heterocycles. The number of nitrogens with two attached hydrogens (primary N) is 1. The maximum Gasteiger partial charge on any atom is 0.416 e. The smallest absolute Gasteiger partial charge is 0.365 e. The van der Waals surface area contributed by atoms with Crippen molar-refractivity contribution in [3.05, 3.63) is 41.6 Å². The lowest BCUT2D eigenvalue weighted by atomic mass is 10.1. The second-order valence-electron chi connectivity index (χ2n) is 6.36. The Balaban J connectivity index is 1.88. The van der Waals surface area contributed by atoms with Gasteiger partial charge in [0.2, 0.25) is 0 Å². The molecule has 150 valence electrons. The molecule has 0 saturated carbocycles. The van der Waals surface area contributed by atoms with Crippen LogP contribution in [0.5, 0.6) is 0 Å². The summed E-state index contributed by atoms with van der Waals surface area (Å²) in [6.07, 6.45) is -3.05. The van der Waals surface area contributed by atoms with Crippen molar-refractivity contribution in [3.8, 4) is 0 Å². The van der Waals surface area contributed by atoms with Gasteiger partial charge in [0, 0.05) is 17.6 Å². The number of anilines is 2. The van der Waals surface area contributed by atoms with E-state index in [1.54, 1.807) is 0 Å². The van der Waals surface area contributed by atoms with Gasteiger partial charge >= 0.3 is 6.18 Å². The topological polar surface area (TPSA) is 131 Å². The Morgan fingerprint density at radius 2 is 1.93 bits per heavy atom. The number of nitrogens with one attached hydrogen (secondary N) is 2. The van der Waals surface area contributed by atoms with Gasteiger partial charge in [0.15, 0.2) is 15.7 Å². The van der Waals surface area contributed by atoms with Crippen molar-refractivity contribution in [2.24, 2.45) is 5.73 Å². The van der Waals surface area contributed by atoms with Gasteiger partial charge in [-0.05, 0) is 30.7 Å². The molecule has 1 fully saturated rings. The molecule has 3 rings (SSSR count). The summed E-state index contributed by atoms with van der Waals surface area (Å²) in [6.45, 7) is 0. The number of primary amides is 1. The highest BCUT2D eigenvalue weighted by Crippen LogP contribution is 2.31. The Morgan fingerprint density at radius 3 is 2.46 bits per heavy atom. The number of alkyl halides is 3. The van der Waals surface area contributed by atoms with E-state index in [2.05, 4.69) is 10.4 Å². The standard InChI is InChI=1S/C16H16F3N5O3S/c17-16(18,19)9-1-3-10(4-2-9)22-15-11(14(21)25)7-24(23-15)13-5-6-28(26,27)8-12(13)20/h1-4,7,13,20H,5-6,8H2,(H2,21,25)(H,22,23)/t13-/m0/s1. The molecule has 0 unspecified atom stereocenters. The first kappa shape index (κ1) is 19.9. The molecule has 0 bridgehead atoms. The van der Waals surface area contributed by atoms with Crippen LogP contribution in [0.3, 0.4) is 0 Å². The largest absolute Gasteiger partial charge is 0.416 e. The van der Waals surface area contributed by atoms with Crippen LogP contribution in [-0.4, -0.2) is 41.3 Å². The van der Waals surface area contributed by atoms with Gasteiger partial charge in [-0.2, -0.15) is 18.3 Å². The molecule has 8 nitrogen and oxygen atoms in total. The Labute approximate surface area is 158 Å². The van der Waals surface area contributed by atoms with Gasteiger partial charge < -0.3 is 16.5 Å². The summed E-state index contributed by atoms with van der Waals surface area (Å²) in [5.74, 6) is -1.33. The van der Waals surface area contributed by atoms with Gasteiger partial charge in [-0.15, -0.1) is 0 Å². The number of nitrogens with zero attached hydrogens (tertiary/aromatic N) is 2. The Bertz CT molecular complexity index is 1030. The molecule has 28 heavy (non-hydrogen) atoms. The molecule has 0 spiro atoms. The molecular formula is C16H16F3N5O3S. The molecule has 2 heterocycles. The molecular weight excluding hydrogens is 399 g/mol. The van der Waals surface area contributed by atoms with Crippen LogP contribution in [0.15, 0.2) is 30.5 Å². The average molecular weight is 415 g/mol. The monoisotopic (exact) mass is 415 g/mol. The van der Waals surface area contributed by atoms with Crippen molar-refractivity contribution in [2.75, 3.05) is 16.8 Å². The SMILES string of the molecule is N=C1CS(=O)(=O)CC[C@@H]1n1cc(C(N)=O)c(Nc2ccc(C(F)(F)F)cc2)n1. The minimum Gasteiger partial charge on any atom is -0.365 e. The summed E-state index contributed by atoms with van der Waals surface area (Å²) in [5, 5.41) is 14.8. The zero-order valence-corrected chi connectivity index (χ0v) is 15.1. The summed E-state index contributed by atoms with van der Waals surface area (Å²) >= 11 is 0. The number of aromatic nitrogens is 2. The summed E-state index contributed by atoms with van der Waals surface area (Å²) in [7, 11) is -3.32. The number of amides is 1. The normalized spacial score (nSPS) is 19.4. The van der Waals surface area contributed by atoms with Gasteiger partial charge in [-0.25, -0.2) is 8.42 Å². The molecule has 2 aromatic rings. The third-order valence-corrected chi connectivity index (χ3v) is 5.88. The number of hydrogen-bond acceptors (Lipinski definition) is 6. The van der Waals surface area contributed by atoms with Crippen molar-refractivity contribution >= 4 is 33.0 Å². The Morgan fingerprint density at radius 1 is 1.29 bits per heavy atom. The number of carbonyl (C=O) groups excluding carboxylic acids is 1. The van der Waals surface area contributed by atoms with Gasteiger partial charge in [-0.3, -0.25) is 9.48 Å². The first-order chi connectivity index (χ1) is 13.0. The number of rotatable bonds is 4. The van der Waals surface area contributed by atoms with Crippen molar-refractivity contribution < 1.29 is 26.4 Å². The van der Waals surface area contributed by atoms with Crippen molar-refractivity contribution in [1.82, 2.24) is 9.78 Å². The average Bonchev–Trinajstić information content (AvgIpc) is 2.97. The molecule has 0 aliphatic carbocycles. The van der Waals surface area contributed by atoms with E-state index in [-0.39, 0.29) is 35.0 Å². The third-order valence-electron chi connectivity index (χ3n) is 4.27. The predicted octanol–water partition coefficient (Wildman–Crippen LogP) is 2.12. The van der Waals surface area contributed by atoms with E-state index >= 15 is 0 Å². The predicted molar refractivity (Wildman–Crippen MR) is 95.5 cm³/mol. The number of carbonyl (C=O) groups is 1. The molecule has 4 N–H and O–H groups in total. The van der Waals surface area contributed by atoms with Crippen LogP contribution in [0.25, 0.3) is 0 Å². The number of benzene rings is 1. The van der Waals surface area contributed by atoms with Gasteiger partial charge in [-0.1, -0.05) is 0 Å². The number of sulfone groups is 1. The molecule has 1 aliphatic heterocycles. The van der Waals surface area contributed by atoms with E-state index < -0.39 is 39.3 Å². The van der Waals surface area contributed by atoms with Crippen molar-refractivity contribution in [3.63, 3.8) is 0 Å². The van der Waals surface area contributed by atoms with Crippen molar-refractivity contribution in [1.29, 1.82) is 5.41 Å². The molecule has 1 amide bonds. The summed E-state index contributed by atoms with van der Waals surface area (Å²) in [5.41, 5.74) is 4.68. The molecule has 1 aromatic heterocycles.